The Labute approximate surface area is 78.2 Å². The van der Waals surface area contributed by atoms with Crippen molar-refractivity contribution in [3.63, 3.8) is 0 Å². The molecule has 0 aromatic heterocycles. The lowest BCUT2D eigenvalue weighted by Crippen LogP contribution is -1.95. The highest BCUT2D eigenvalue weighted by Gasteiger charge is 2.02. The average Bonchev–Trinajstić information content (AvgIpc) is 2.07. The summed E-state index contributed by atoms with van der Waals surface area (Å²) in [5, 5.41) is 9.24. The third kappa shape index (κ3) is 2.58. The maximum atomic E-state index is 10.5. The van der Waals surface area contributed by atoms with Crippen LogP contribution in [0, 0.1) is 5.92 Å². The number of phenols is 1. The standard InChI is InChI=1S/C11H14O2/c1-8(2)5-9-3-4-11(13)10(6-9)7-12/h3-4,6-8,13H,5H2,1-2H3. The van der Waals surface area contributed by atoms with Crippen LogP contribution in [0.3, 0.4) is 0 Å². The van der Waals surface area contributed by atoms with Gasteiger partial charge < -0.3 is 5.11 Å². The first-order valence-electron chi connectivity index (χ1n) is 4.40. The van der Waals surface area contributed by atoms with Crippen LogP contribution >= 0.6 is 0 Å². The van der Waals surface area contributed by atoms with Crippen molar-refractivity contribution in [1.29, 1.82) is 0 Å². The van der Waals surface area contributed by atoms with Crippen molar-refractivity contribution in [3.05, 3.63) is 29.3 Å². The van der Waals surface area contributed by atoms with E-state index in [-0.39, 0.29) is 5.75 Å². The van der Waals surface area contributed by atoms with E-state index in [4.69, 9.17) is 0 Å². The van der Waals surface area contributed by atoms with Crippen molar-refractivity contribution in [3.8, 4) is 5.75 Å². The van der Waals surface area contributed by atoms with E-state index in [2.05, 4.69) is 13.8 Å². The molecule has 0 atom stereocenters. The third-order valence-electron chi connectivity index (χ3n) is 1.86. The minimum atomic E-state index is 0.0579. The lowest BCUT2D eigenvalue weighted by molar-refractivity contribution is 0.112. The smallest absolute Gasteiger partial charge is 0.153 e. The van der Waals surface area contributed by atoms with Gasteiger partial charge in [0.15, 0.2) is 6.29 Å². The molecule has 1 aromatic carbocycles. The minimum absolute atomic E-state index is 0.0579. The Bertz CT molecular complexity index is 303. The molecule has 0 aliphatic carbocycles. The van der Waals surface area contributed by atoms with Gasteiger partial charge in [-0.2, -0.15) is 0 Å². The van der Waals surface area contributed by atoms with Crippen LogP contribution in [-0.2, 0) is 6.42 Å². The van der Waals surface area contributed by atoms with Gasteiger partial charge in [0.25, 0.3) is 0 Å². The first-order valence-corrected chi connectivity index (χ1v) is 4.40. The van der Waals surface area contributed by atoms with Gasteiger partial charge in [0.05, 0.1) is 5.56 Å². The molecule has 1 aromatic rings. The summed E-state index contributed by atoms with van der Waals surface area (Å²) in [7, 11) is 0. The first-order chi connectivity index (χ1) is 6.13. The van der Waals surface area contributed by atoms with Gasteiger partial charge in [-0.05, 0) is 30.0 Å². The van der Waals surface area contributed by atoms with Crippen molar-refractivity contribution in [2.45, 2.75) is 20.3 Å². The maximum Gasteiger partial charge on any atom is 0.153 e. The van der Waals surface area contributed by atoms with Crippen LogP contribution in [0.25, 0.3) is 0 Å². The molecule has 0 saturated carbocycles. The summed E-state index contributed by atoms with van der Waals surface area (Å²) < 4.78 is 0. The number of carbonyl (C=O) groups excluding carboxylic acids is 1. The van der Waals surface area contributed by atoms with Gasteiger partial charge in [-0.25, -0.2) is 0 Å². The van der Waals surface area contributed by atoms with Gasteiger partial charge >= 0.3 is 0 Å². The molecule has 13 heavy (non-hydrogen) atoms. The molecule has 0 spiro atoms. The van der Waals surface area contributed by atoms with Crippen LogP contribution < -0.4 is 0 Å². The van der Waals surface area contributed by atoms with E-state index < -0.39 is 0 Å². The number of hydrogen-bond donors (Lipinski definition) is 1. The molecular weight excluding hydrogens is 164 g/mol. The SMILES string of the molecule is CC(C)Cc1ccc(O)c(C=O)c1. The van der Waals surface area contributed by atoms with Gasteiger partial charge in [0, 0.05) is 0 Å². The average molecular weight is 178 g/mol. The van der Waals surface area contributed by atoms with E-state index in [1.54, 1.807) is 12.1 Å². The molecule has 1 N–H and O–H groups in total. The molecule has 0 fully saturated rings. The second kappa shape index (κ2) is 4.08. The molecule has 2 nitrogen and oxygen atoms in total. The van der Waals surface area contributed by atoms with Gasteiger partial charge in [-0.1, -0.05) is 19.9 Å². The first kappa shape index (κ1) is 9.78. The Morgan fingerprint density at radius 2 is 2.15 bits per heavy atom. The number of benzene rings is 1. The van der Waals surface area contributed by atoms with E-state index >= 15 is 0 Å². The summed E-state index contributed by atoms with van der Waals surface area (Å²) in [5.74, 6) is 0.617. The summed E-state index contributed by atoms with van der Waals surface area (Å²) in [6.07, 6.45) is 1.61. The van der Waals surface area contributed by atoms with E-state index in [0.717, 1.165) is 12.0 Å². The highest BCUT2D eigenvalue weighted by Crippen LogP contribution is 2.18. The molecule has 0 heterocycles. The molecule has 2 heteroatoms. The fourth-order valence-electron chi connectivity index (χ4n) is 1.30. The molecule has 0 saturated heterocycles. The van der Waals surface area contributed by atoms with Crippen molar-refractivity contribution in [1.82, 2.24) is 0 Å². The monoisotopic (exact) mass is 178 g/mol. The summed E-state index contributed by atoms with van der Waals surface area (Å²) in [6.45, 7) is 4.24. The maximum absolute atomic E-state index is 10.5. The topological polar surface area (TPSA) is 37.3 Å². The highest BCUT2D eigenvalue weighted by molar-refractivity contribution is 5.79. The van der Waals surface area contributed by atoms with E-state index in [0.29, 0.717) is 17.8 Å². The van der Waals surface area contributed by atoms with Crippen LogP contribution in [0.5, 0.6) is 5.75 Å². The fraction of sp³-hybridized carbons (Fsp3) is 0.364. The lowest BCUT2D eigenvalue weighted by Gasteiger charge is -2.05. The predicted molar refractivity (Wildman–Crippen MR) is 52.0 cm³/mol. The van der Waals surface area contributed by atoms with Gasteiger partial charge in [-0.15, -0.1) is 0 Å². The van der Waals surface area contributed by atoms with Crippen molar-refractivity contribution in [2.75, 3.05) is 0 Å². The molecule has 0 aliphatic heterocycles. The van der Waals surface area contributed by atoms with Crippen molar-refractivity contribution < 1.29 is 9.90 Å². The van der Waals surface area contributed by atoms with E-state index in [1.165, 1.54) is 0 Å². The number of carbonyl (C=O) groups is 1. The number of hydrogen-bond acceptors (Lipinski definition) is 2. The Hall–Kier alpha value is -1.31. The molecule has 0 aliphatic rings. The summed E-state index contributed by atoms with van der Waals surface area (Å²) in [5.41, 5.74) is 1.47. The minimum Gasteiger partial charge on any atom is -0.507 e. The van der Waals surface area contributed by atoms with Gasteiger partial charge in [-0.3, -0.25) is 4.79 Å². The van der Waals surface area contributed by atoms with Crippen LogP contribution in [0.1, 0.15) is 29.8 Å². The van der Waals surface area contributed by atoms with Crippen molar-refractivity contribution >= 4 is 6.29 Å². The third-order valence-corrected chi connectivity index (χ3v) is 1.86. The molecule has 0 unspecified atom stereocenters. The summed E-state index contributed by atoms with van der Waals surface area (Å²) in [6, 6.07) is 5.16. The summed E-state index contributed by atoms with van der Waals surface area (Å²) in [4.78, 5) is 10.5. The van der Waals surface area contributed by atoms with Crippen LogP contribution in [0.15, 0.2) is 18.2 Å². The lowest BCUT2D eigenvalue weighted by atomic mass is 10.0. The molecule has 0 bridgehead atoms. The van der Waals surface area contributed by atoms with Gasteiger partial charge in [0.1, 0.15) is 5.75 Å². The zero-order valence-corrected chi connectivity index (χ0v) is 7.95. The number of phenolic OH excluding ortho intramolecular Hbond substituents is 1. The number of rotatable bonds is 3. The Morgan fingerprint density at radius 3 is 2.69 bits per heavy atom. The molecule has 70 valence electrons. The molecular formula is C11H14O2. The quantitative estimate of drug-likeness (QED) is 0.721. The molecule has 0 amide bonds. The van der Waals surface area contributed by atoms with Crippen LogP contribution in [-0.4, -0.2) is 11.4 Å². The fourth-order valence-corrected chi connectivity index (χ4v) is 1.30. The zero-order valence-electron chi connectivity index (χ0n) is 7.95. The Morgan fingerprint density at radius 1 is 1.46 bits per heavy atom. The second-order valence-corrected chi connectivity index (χ2v) is 3.61. The van der Waals surface area contributed by atoms with Crippen LogP contribution in [0.4, 0.5) is 0 Å². The highest BCUT2D eigenvalue weighted by atomic mass is 16.3. The van der Waals surface area contributed by atoms with Crippen LogP contribution in [0.2, 0.25) is 0 Å². The molecule has 0 radical (unpaired) electrons. The zero-order chi connectivity index (χ0) is 9.84. The Kier molecular flexibility index (Phi) is 3.07. The predicted octanol–water partition coefficient (Wildman–Crippen LogP) is 2.40. The van der Waals surface area contributed by atoms with Gasteiger partial charge in [0.2, 0.25) is 0 Å². The largest absolute Gasteiger partial charge is 0.507 e. The number of aromatic hydroxyl groups is 1. The number of aldehydes is 1. The summed E-state index contributed by atoms with van der Waals surface area (Å²) >= 11 is 0. The van der Waals surface area contributed by atoms with E-state index in [9.17, 15) is 9.90 Å². The van der Waals surface area contributed by atoms with E-state index in [1.807, 2.05) is 6.07 Å². The molecule has 1 rings (SSSR count). The second-order valence-electron chi connectivity index (χ2n) is 3.61. The normalized spacial score (nSPS) is 10.4. The Balaban J connectivity index is 2.92. The van der Waals surface area contributed by atoms with Crippen molar-refractivity contribution in [2.24, 2.45) is 5.92 Å².